The third-order valence-electron chi connectivity index (χ3n) is 5.60. The second-order valence-electron chi connectivity index (χ2n) is 8.88. The van der Waals surface area contributed by atoms with Crippen molar-refractivity contribution in [3.05, 3.63) is 65.2 Å². The number of aryl methyl sites for hydroxylation is 1. The Labute approximate surface area is 176 Å². The number of fused-ring (bicyclic) bond motifs is 1. The summed E-state index contributed by atoms with van der Waals surface area (Å²) in [6.45, 7) is 7.22. The van der Waals surface area contributed by atoms with E-state index in [0.29, 0.717) is 5.56 Å². The molecular formula is C24H27FN4O. The molecule has 4 rings (SSSR count). The van der Waals surface area contributed by atoms with E-state index in [-0.39, 0.29) is 17.0 Å². The van der Waals surface area contributed by atoms with Crippen LogP contribution in [-0.2, 0) is 18.4 Å². The fraction of sp³-hybridized carbons (Fsp3) is 0.375. The lowest BCUT2D eigenvalue weighted by atomic mass is 9.87. The minimum atomic E-state index is -0.478. The Morgan fingerprint density at radius 1 is 1.03 bits per heavy atom. The van der Waals surface area contributed by atoms with Crippen molar-refractivity contribution in [3.63, 3.8) is 0 Å². The zero-order chi connectivity index (χ0) is 21.3. The molecule has 1 aromatic heterocycles. The zero-order valence-electron chi connectivity index (χ0n) is 17.7. The van der Waals surface area contributed by atoms with Crippen molar-refractivity contribution in [3.8, 4) is 11.4 Å². The smallest absolute Gasteiger partial charge is 0.255 e. The maximum absolute atomic E-state index is 14.5. The lowest BCUT2D eigenvalue weighted by Gasteiger charge is -2.19. The number of hydrogen-bond acceptors (Lipinski definition) is 3. The molecule has 6 heteroatoms. The van der Waals surface area contributed by atoms with Crippen LogP contribution in [0.1, 0.15) is 61.8 Å². The summed E-state index contributed by atoms with van der Waals surface area (Å²) in [6, 6.07) is 12.1. The molecule has 0 spiro atoms. The largest absolute Gasteiger partial charge is 0.319 e. The first-order valence-electron chi connectivity index (χ1n) is 10.5. The third kappa shape index (κ3) is 4.13. The molecule has 0 radical (unpaired) electrons. The monoisotopic (exact) mass is 406 g/mol. The zero-order valence-corrected chi connectivity index (χ0v) is 17.7. The first-order valence-corrected chi connectivity index (χ1v) is 10.5. The van der Waals surface area contributed by atoms with Gasteiger partial charge in [0.2, 0.25) is 0 Å². The van der Waals surface area contributed by atoms with Crippen LogP contribution in [0.3, 0.4) is 0 Å². The summed E-state index contributed by atoms with van der Waals surface area (Å²) in [4.78, 5) is 12.7. The van der Waals surface area contributed by atoms with Gasteiger partial charge in [-0.2, -0.15) is 0 Å². The van der Waals surface area contributed by atoms with E-state index in [1.165, 1.54) is 12.5 Å². The van der Waals surface area contributed by atoms with Gasteiger partial charge < -0.3 is 9.88 Å². The van der Waals surface area contributed by atoms with Gasteiger partial charge in [-0.15, -0.1) is 10.2 Å². The van der Waals surface area contributed by atoms with Crippen molar-refractivity contribution in [1.29, 1.82) is 0 Å². The van der Waals surface area contributed by atoms with Gasteiger partial charge in [-0.25, -0.2) is 4.39 Å². The van der Waals surface area contributed by atoms with Crippen LogP contribution >= 0.6 is 0 Å². The van der Waals surface area contributed by atoms with Crippen LogP contribution in [0.5, 0.6) is 0 Å². The van der Waals surface area contributed by atoms with Gasteiger partial charge >= 0.3 is 0 Å². The van der Waals surface area contributed by atoms with Crippen LogP contribution in [-0.4, -0.2) is 20.7 Å². The van der Waals surface area contributed by atoms with Crippen LogP contribution in [0, 0.1) is 5.82 Å². The summed E-state index contributed by atoms with van der Waals surface area (Å²) >= 11 is 0. The number of amides is 1. The predicted octanol–water partition coefficient (Wildman–Crippen LogP) is 5.36. The van der Waals surface area contributed by atoms with Crippen molar-refractivity contribution in [2.75, 3.05) is 5.32 Å². The van der Waals surface area contributed by atoms with Gasteiger partial charge in [0.1, 0.15) is 11.6 Å². The van der Waals surface area contributed by atoms with Crippen LogP contribution < -0.4 is 5.32 Å². The van der Waals surface area contributed by atoms with Crippen LogP contribution in [0.4, 0.5) is 10.1 Å². The fourth-order valence-corrected chi connectivity index (χ4v) is 3.77. The molecule has 156 valence electrons. The average molecular weight is 407 g/mol. The Morgan fingerprint density at radius 2 is 1.80 bits per heavy atom. The molecule has 1 N–H and O–H groups in total. The normalized spacial score (nSPS) is 14.1. The van der Waals surface area contributed by atoms with Crippen molar-refractivity contribution in [1.82, 2.24) is 14.8 Å². The van der Waals surface area contributed by atoms with E-state index < -0.39 is 5.82 Å². The van der Waals surface area contributed by atoms with E-state index in [4.69, 9.17) is 0 Å². The van der Waals surface area contributed by atoms with Gasteiger partial charge in [0.15, 0.2) is 5.82 Å². The quantitative estimate of drug-likeness (QED) is 0.637. The maximum atomic E-state index is 14.5. The lowest BCUT2D eigenvalue weighted by Crippen LogP contribution is -2.15. The van der Waals surface area contributed by atoms with Crippen molar-refractivity contribution in [2.24, 2.45) is 0 Å². The molecule has 2 aromatic carbocycles. The highest BCUT2D eigenvalue weighted by molar-refractivity contribution is 6.04. The number of benzene rings is 2. The van der Waals surface area contributed by atoms with E-state index in [9.17, 15) is 9.18 Å². The van der Waals surface area contributed by atoms with E-state index in [2.05, 4.69) is 40.9 Å². The SMILES string of the molecule is CC(C)(C)c1ccc(C(=O)Nc2cc(-c3nnc4n3CCCCC4)ccc2F)cc1. The Balaban J connectivity index is 1.58. The summed E-state index contributed by atoms with van der Waals surface area (Å²) in [7, 11) is 0. The van der Waals surface area contributed by atoms with Crippen LogP contribution in [0.25, 0.3) is 11.4 Å². The minimum absolute atomic E-state index is 0.00566. The van der Waals surface area contributed by atoms with Gasteiger partial charge in [-0.3, -0.25) is 4.79 Å². The molecule has 0 aliphatic carbocycles. The number of nitrogens with zero attached hydrogens (tertiary/aromatic N) is 3. The first kappa shape index (κ1) is 20.3. The fourth-order valence-electron chi connectivity index (χ4n) is 3.77. The number of hydrogen-bond donors (Lipinski definition) is 1. The molecule has 1 aliphatic heterocycles. The second kappa shape index (κ2) is 8.01. The van der Waals surface area contributed by atoms with E-state index in [0.717, 1.165) is 48.6 Å². The molecule has 5 nitrogen and oxygen atoms in total. The Morgan fingerprint density at radius 3 is 2.53 bits per heavy atom. The van der Waals surface area contributed by atoms with Crippen LogP contribution in [0.15, 0.2) is 42.5 Å². The summed E-state index contributed by atoms with van der Waals surface area (Å²) in [6.07, 6.45) is 4.26. The predicted molar refractivity (Wildman–Crippen MR) is 116 cm³/mol. The van der Waals surface area contributed by atoms with Gasteiger partial charge in [0.25, 0.3) is 5.91 Å². The van der Waals surface area contributed by atoms with Gasteiger partial charge in [0, 0.05) is 24.1 Å². The number of aromatic nitrogens is 3. The Kier molecular flexibility index (Phi) is 5.41. The van der Waals surface area contributed by atoms with E-state index in [1.54, 1.807) is 24.3 Å². The van der Waals surface area contributed by atoms with Gasteiger partial charge in [-0.1, -0.05) is 39.3 Å². The van der Waals surface area contributed by atoms with Gasteiger partial charge in [-0.05, 0) is 54.2 Å². The standard InChI is InChI=1S/C24H27FN4O/c1-24(2,3)18-11-8-16(9-12-18)23(30)26-20-15-17(10-13-19(20)25)22-28-27-21-7-5-4-6-14-29(21)22/h8-13,15H,4-7,14H2,1-3H3,(H,26,30). The number of rotatable bonds is 3. The molecule has 0 unspecified atom stereocenters. The maximum Gasteiger partial charge on any atom is 0.255 e. The average Bonchev–Trinajstić information content (AvgIpc) is 2.97. The first-order chi connectivity index (χ1) is 14.3. The molecule has 30 heavy (non-hydrogen) atoms. The molecule has 2 heterocycles. The number of anilines is 1. The Hall–Kier alpha value is -3.02. The van der Waals surface area contributed by atoms with Gasteiger partial charge in [0.05, 0.1) is 5.69 Å². The number of halogens is 1. The molecule has 0 bridgehead atoms. The van der Waals surface area contributed by atoms with Crippen molar-refractivity contribution in [2.45, 2.75) is 58.4 Å². The molecule has 0 saturated heterocycles. The summed E-state index contributed by atoms with van der Waals surface area (Å²) in [5.74, 6) is 0.869. The topological polar surface area (TPSA) is 59.8 Å². The summed E-state index contributed by atoms with van der Waals surface area (Å²) < 4.78 is 16.6. The third-order valence-corrected chi connectivity index (χ3v) is 5.60. The van der Waals surface area contributed by atoms with Crippen molar-refractivity contribution >= 4 is 11.6 Å². The lowest BCUT2D eigenvalue weighted by molar-refractivity contribution is 0.102. The van der Waals surface area contributed by atoms with Crippen molar-refractivity contribution < 1.29 is 9.18 Å². The highest BCUT2D eigenvalue weighted by Gasteiger charge is 2.19. The molecule has 0 atom stereocenters. The number of carbonyl (C=O) groups is 1. The molecule has 0 saturated carbocycles. The highest BCUT2D eigenvalue weighted by Crippen LogP contribution is 2.27. The number of carbonyl (C=O) groups excluding carboxylic acids is 1. The summed E-state index contributed by atoms with van der Waals surface area (Å²) in [5.41, 5.74) is 2.52. The molecule has 3 aromatic rings. The molecule has 1 aliphatic rings. The number of nitrogens with one attached hydrogen (secondary N) is 1. The summed E-state index contributed by atoms with van der Waals surface area (Å²) in [5, 5.41) is 11.3. The second-order valence-corrected chi connectivity index (χ2v) is 8.88. The minimum Gasteiger partial charge on any atom is -0.319 e. The Bertz CT molecular complexity index is 1060. The van der Waals surface area contributed by atoms with E-state index in [1.807, 2.05) is 12.1 Å². The van der Waals surface area contributed by atoms with E-state index >= 15 is 0 Å². The molecule has 1 amide bonds. The molecular weight excluding hydrogens is 379 g/mol. The van der Waals surface area contributed by atoms with Crippen LogP contribution in [0.2, 0.25) is 0 Å². The highest BCUT2D eigenvalue weighted by atomic mass is 19.1. The molecule has 0 fully saturated rings.